The van der Waals surface area contributed by atoms with Gasteiger partial charge >= 0.3 is 5.69 Å². The SMILES string of the molecule is CC1CCC(Oc2nc(NN)ncc2[N+](=O)[O-])CC1C. The molecule has 1 fully saturated rings. The number of nitrogens with one attached hydrogen (secondary N) is 1. The normalized spacial score (nSPS) is 26.1. The van der Waals surface area contributed by atoms with Gasteiger partial charge in [-0.1, -0.05) is 13.8 Å². The first-order valence-corrected chi connectivity index (χ1v) is 6.66. The first-order valence-electron chi connectivity index (χ1n) is 6.66. The third-order valence-electron chi connectivity index (χ3n) is 3.89. The summed E-state index contributed by atoms with van der Waals surface area (Å²) >= 11 is 0. The monoisotopic (exact) mass is 281 g/mol. The van der Waals surface area contributed by atoms with E-state index < -0.39 is 4.92 Å². The summed E-state index contributed by atoms with van der Waals surface area (Å²) in [5.74, 6) is 6.47. The molecule has 0 bridgehead atoms. The van der Waals surface area contributed by atoms with Crippen LogP contribution in [0.2, 0.25) is 0 Å². The second-order valence-corrected chi connectivity index (χ2v) is 5.29. The smallest absolute Gasteiger partial charge is 0.349 e. The highest BCUT2D eigenvalue weighted by Gasteiger charge is 2.28. The molecule has 1 aromatic heterocycles. The molecule has 1 heterocycles. The van der Waals surface area contributed by atoms with Crippen molar-refractivity contribution < 1.29 is 9.66 Å². The number of hydrogen-bond donors (Lipinski definition) is 2. The number of aromatic nitrogens is 2. The zero-order chi connectivity index (χ0) is 14.7. The van der Waals surface area contributed by atoms with Gasteiger partial charge in [-0.05, 0) is 31.1 Å². The molecule has 0 saturated heterocycles. The Morgan fingerprint density at radius 2 is 2.20 bits per heavy atom. The van der Waals surface area contributed by atoms with Gasteiger partial charge < -0.3 is 4.74 Å². The number of ether oxygens (including phenoxy) is 1. The average molecular weight is 281 g/mol. The van der Waals surface area contributed by atoms with Gasteiger partial charge in [0.15, 0.2) is 0 Å². The van der Waals surface area contributed by atoms with E-state index >= 15 is 0 Å². The predicted molar refractivity (Wildman–Crippen MR) is 73.1 cm³/mol. The van der Waals surface area contributed by atoms with E-state index in [9.17, 15) is 10.1 Å². The fourth-order valence-electron chi connectivity index (χ4n) is 2.40. The number of rotatable bonds is 4. The van der Waals surface area contributed by atoms with Crippen LogP contribution in [0.4, 0.5) is 11.6 Å². The predicted octanol–water partition coefficient (Wildman–Crippen LogP) is 1.87. The lowest BCUT2D eigenvalue weighted by molar-refractivity contribution is -0.386. The summed E-state index contributed by atoms with van der Waals surface area (Å²) in [6.45, 7) is 4.38. The minimum Gasteiger partial charge on any atom is -0.469 e. The first-order chi connectivity index (χ1) is 9.51. The Bertz CT molecular complexity index is 496. The lowest BCUT2D eigenvalue weighted by Gasteiger charge is -2.31. The number of nitrogens with two attached hydrogens (primary N) is 1. The van der Waals surface area contributed by atoms with E-state index in [-0.39, 0.29) is 23.6 Å². The molecular weight excluding hydrogens is 262 g/mol. The minimum atomic E-state index is -0.551. The topological polar surface area (TPSA) is 116 Å². The lowest BCUT2D eigenvalue weighted by atomic mass is 9.80. The molecule has 0 amide bonds. The number of hydrazine groups is 1. The Balaban J connectivity index is 2.17. The van der Waals surface area contributed by atoms with Gasteiger partial charge in [-0.25, -0.2) is 10.8 Å². The molecule has 3 N–H and O–H groups in total. The van der Waals surface area contributed by atoms with Gasteiger partial charge in [-0.3, -0.25) is 15.5 Å². The van der Waals surface area contributed by atoms with Crippen LogP contribution in [0.3, 0.4) is 0 Å². The van der Waals surface area contributed by atoms with Crippen molar-refractivity contribution in [2.45, 2.75) is 39.2 Å². The molecule has 1 saturated carbocycles. The Labute approximate surface area is 116 Å². The molecular formula is C12H19N5O3. The van der Waals surface area contributed by atoms with Crippen LogP contribution in [0, 0.1) is 22.0 Å². The number of anilines is 1. The van der Waals surface area contributed by atoms with E-state index in [1.54, 1.807) is 0 Å². The minimum absolute atomic E-state index is 0.0234. The van der Waals surface area contributed by atoms with Crippen molar-refractivity contribution in [3.8, 4) is 5.88 Å². The zero-order valence-corrected chi connectivity index (χ0v) is 11.6. The molecule has 2 rings (SSSR count). The maximum absolute atomic E-state index is 11.0. The fraction of sp³-hybridized carbons (Fsp3) is 0.667. The van der Waals surface area contributed by atoms with E-state index in [0.717, 1.165) is 25.5 Å². The van der Waals surface area contributed by atoms with Crippen molar-refractivity contribution in [2.75, 3.05) is 5.43 Å². The highest BCUT2D eigenvalue weighted by atomic mass is 16.6. The molecule has 20 heavy (non-hydrogen) atoms. The van der Waals surface area contributed by atoms with Gasteiger partial charge in [0.1, 0.15) is 12.3 Å². The molecule has 110 valence electrons. The fourth-order valence-corrected chi connectivity index (χ4v) is 2.40. The summed E-state index contributed by atoms with van der Waals surface area (Å²) in [7, 11) is 0. The zero-order valence-electron chi connectivity index (χ0n) is 11.6. The van der Waals surface area contributed by atoms with Gasteiger partial charge in [-0.15, -0.1) is 0 Å². The largest absolute Gasteiger partial charge is 0.469 e. The van der Waals surface area contributed by atoms with Crippen LogP contribution in [0.1, 0.15) is 33.1 Å². The van der Waals surface area contributed by atoms with Gasteiger partial charge in [0.25, 0.3) is 5.88 Å². The standard InChI is InChI=1S/C12H19N5O3/c1-7-3-4-9(5-8(7)2)20-11-10(17(18)19)6-14-12(15-11)16-13/h6-9H,3-5,13H2,1-2H3,(H,14,15,16). The van der Waals surface area contributed by atoms with Crippen LogP contribution in [0.15, 0.2) is 6.20 Å². The molecule has 1 aliphatic carbocycles. The summed E-state index contributed by atoms with van der Waals surface area (Å²) < 4.78 is 5.72. The molecule has 8 heteroatoms. The molecule has 0 aromatic carbocycles. The van der Waals surface area contributed by atoms with E-state index in [2.05, 4.69) is 29.2 Å². The second kappa shape index (κ2) is 6.00. The maximum Gasteiger partial charge on any atom is 0.349 e. The molecule has 0 spiro atoms. The summed E-state index contributed by atoms with van der Waals surface area (Å²) in [6.07, 6.45) is 3.84. The molecule has 0 aliphatic heterocycles. The third kappa shape index (κ3) is 3.13. The first kappa shape index (κ1) is 14.4. The van der Waals surface area contributed by atoms with Gasteiger partial charge in [0.05, 0.1) is 4.92 Å². The Hall–Kier alpha value is -1.96. The second-order valence-electron chi connectivity index (χ2n) is 5.29. The van der Waals surface area contributed by atoms with Crippen molar-refractivity contribution in [3.63, 3.8) is 0 Å². The maximum atomic E-state index is 11.0. The molecule has 3 atom stereocenters. The Morgan fingerprint density at radius 1 is 1.45 bits per heavy atom. The van der Waals surface area contributed by atoms with Crippen LogP contribution in [0.5, 0.6) is 5.88 Å². The average Bonchev–Trinajstić information content (AvgIpc) is 2.42. The van der Waals surface area contributed by atoms with E-state index in [1.807, 2.05) is 0 Å². The van der Waals surface area contributed by atoms with Gasteiger partial charge in [0.2, 0.25) is 5.95 Å². The van der Waals surface area contributed by atoms with Crippen molar-refractivity contribution in [1.82, 2.24) is 9.97 Å². The highest BCUT2D eigenvalue weighted by Crippen LogP contribution is 2.33. The molecule has 8 nitrogen and oxygen atoms in total. The Kier molecular flexibility index (Phi) is 4.33. The van der Waals surface area contributed by atoms with E-state index in [1.165, 1.54) is 0 Å². The molecule has 1 aromatic rings. The van der Waals surface area contributed by atoms with Crippen LogP contribution in [-0.4, -0.2) is 21.0 Å². The van der Waals surface area contributed by atoms with Gasteiger partial charge in [0, 0.05) is 0 Å². The van der Waals surface area contributed by atoms with Crippen LogP contribution < -0.4 is 16.0 Å². The summed E-state index contributed by atoms with van der Waals surface area (Å²) in [5.41, 5.74) is 2.02. The van der Waals surface area contributed by atoms with E-state index in [0.29, 0.717) is 11.8 Å². The number of hydrogen-bond acceptors (Lipinski definition) is 7. The summed E-state index contributed by atoms with van der Waals surface area (Å²) in [4.78, 5) is 18.1. The highest BCUT2D eigenvalue weighted by molar-refractivity contribution is 5.42. The van der Waals surface area contributed by atoms with Crippen molar-refractivity contribution in [3.05, 3.63) is 16.3 Å². The van der Waals surface area contributed by atoms with E-state index in [4.69, 9.17) is 10.6 Å². The molecule has 1 aliphatic rings. The lowest BCUT2D eigenvalue weighted by Crippen LogP contribution is -2.29. The number of nitrogen functional groups attached to an aromatic ring is 1. The molecule has 0 radical (unpaired) electrons. The summed E-state index contributed by atoms with van der Waals surface area (Å²) in [5, 5.41) is 11.0. The quantitative estimate of drug-likeness (QED) is 0.491. The van der Waals surface area contributed by atoms with Crippen LogP contribution >= 0.6 is 0 Å². The van der Waals surface area contributed by atoms with Crippen LogP contribution in [-0.2, 0) is 0 Å². The Morgan fingerprint density at radius 3 is 2.80 bits per heavy atom. The van der Waals surface area contributed by atoms with Crippen molar-refractivity contribution in [1.29, 1.82) is 0 Å². The number of nitrogens with zero attached hydrogens (tertiary/aromatic N) is 3. The van der Waals surface area contributed by atoms with Crippen LogP contribution in [0.25, 0.3) is 0 Å². The van der Waals surface area contributed by atoms with Crippen molar-refractivity contribution >= 4 is 11.6 Å². The molecule has 3 unspecified atom stereocenters. The summed E-state index contributed by atoms with van der Waals surface area (Å²) in [6, 6.07) is 0. The number of nitro groups is 1. The van der Waals surface area contributed by atoms with Crippen molar-refractivity contribution in [2.24, 2.45) is 17.7 Å². The third-order valence-corrected chi connectivity index (χ3v) is 3.89. The van der Waals surface area contributed by atoms with Gasteiger partial charge in [-0.2, -0.15) is 4.98 Å².